The van der Waals surface area contributed by atoms with Crippen LogP contribution in [0, 0.1) is 35.3 Å². The van der Waals surface area contributed by atoms with Crippen molar-refractivity contribution in [3.8, 4) is 17.3 Å². The van der Waals surface area contributed by atoms with Crippen molar-refractivity contribution in [1.82, 2.24) is 15.0 Å². The molecule has 1 unspecified atom stereocenters. The van der Waals surface area contributed by atoms with Crippen LogP contribution in [0.4, 0.5) is 14.6 Å². The Morgan fingerprint density at radius 1 is 1.19 bits per heavy atom. The number of aromatic nitrogens is 3. The second-order valence-electron chi connectivity index (χ2n) is 10.6. The number of halogens is 2. The van der Waals surface area contributed by atoms with Gasteiger partial charge in [0.1, 0.15) is 16.6 Å². The minimum absolute atomic E-state index is 0.0360. The van der Waals surface area contributed by atoms with Crippen LogP contribution in [-0.2, 0) is 19.4 Å². The second kappa shape index (κ2) is 11.9. The van der Waals surface area contributed by atoms with Gasteiger partial charge in [-0.2, -0.15) is 5.26 Å². The van der Waals surface area contributed by atoms with Gasteiger partial charge in [-0.3, -0.25) is 4.79 Å². The normalized spacial score (nSPS) is 12.6. The number of aryl methyl sites for hydroxylation is 1. The van der Waals surface area contributed by atoms with E-state index in [0.717, 1.165) is 17.8 Å². The van der Waals surface area contributed by atoms with E-state index >= 15 is 8.78 Å². The number of carbonyl (C=O) groups excluding carboxylic acids is 1. The maximum atomic E-state index is 15.3. The zero-order chi connectivity index (χ0) is 30.8. The summed E-state index contributed by atoms with van der Waals surface area (Å²) < 4.78 is 63.2. The molecule has 0 aliphatic rings. The lowest BCUT2D eigenvalue weighted by Crippen LogP contribution is -2.38. The van der Waals surface area contributed by atoms with Crippen molar-refractivity contribution in [2.24, 2.45) is 5.41 Å². The van der Waals surface area contributed by atoms with Crippen LogP contribution >= 0.6 is 0 Å². The van der Waals surface area contributed by atoms with E-state index in [-0.39, 0.29) is 51.6 Å². The molecule has 2 N–H and O–H groups in total. The summed E-state index contributed by atoms with van der Waals surface area (Å²) in [5.41, 5.74) is 0.0901. The van der Waals surface area contributed by atoms with Gasteiger partial charge in [0.15, 0.2) is 17.5 Å². The number of nitrogens with one attached hydrogen (secondary N) is 2. The fourth-order valence-electron chi connectivity index (χ4n) is 4.53. The molecule has 12 heteroatoms. The first-order chi connectivity index (χ1) is 19.8. The van der Waals surface area contributed by atoms with Crippen LogP contribution < -0.4 is 5.32 Å². The number of fused-ring (bicyclic) bond motifs is 1. The maximum absolute atomic E-state index is 15.3. The summed E-state index contributed by atoms with van der Waals surface area (Å²) in [5.74, 6) is -2.69. The SMILES string of the molecule is CCOC(=O)CC(Nc1nc(-c2c[nH]c3ncc(F)c(S(=O)(=O)c4ccc(C)cc4)c23)c(C#N)cc1F)C(C)(C)CC. The number of anilines is 1. The lowest BCUT2D eigenvalue weighted by atomic mass is 9.80. The minimum atomic E-state index is -4.40. The van der Waals surface area contributed by atoms with Gasteiger partial charge in [0.2, 0.25) is 9.84 Å². The molecular formula is C30H31F2N5O4S. The third-order valence-electron chi connectivity index (χ3n) is 7.40. The Hall–Kier alpha value is -4.37. The molecule has 9 nitrogen and oxygen atoms in total. The summed E-state index contributed by atoms with van der Waals surface area (Å²) in [4.78, 5) is 22.8. The quantitative estimate of drug-likeness (QED) is 0.210. The largest absolute Gasteiger partial charge is 0.466 e. The van der Waals surface area contributed by atoms with Gasteiger partial charge in [-0.25, -0.2) is 27.2 Å². The first kappa shape index (κ1) is 30.6. The number of benzene rings is 1. The lowest BCUT2D eigenvalue weighted by molar-refractivity contribution is -0.144. The molecule has 42 heavy (non-hydrogen) atoms. The highest BCUT2D eigenvalue weighted by Crippen LogP contribution is 2.38. The molecule has 220 valence electrons. The third kappa shape index (κ3) is 5.83. The molecule has 0 fully saturated rings. The monoisotopic (exact) mass is 595 g/mol. The van der Waals surface area contributed by atoms with Gasteiger partial charge in [0.05, 0.1) is 40.8 Å². The number of nitrogens with zero attached hydrogens (tertiary/aromatic N) is 3. The van der Waals surface area contributed by atoms with E-state index < -0.39 is 43.8 Å². The highest BCUT2D eigenvalue weighted by Gasteiger charge is 2.33. The Labute approximate surface area is 242 Å². The predicted molar refractivity (Wildman–Crippen MR) is 153 cm³/mol. The number of ether oxygens (including phenoxy) is 1. The van der Waals surface area contributed by atoms with E-state index in [9.17, 15) is 18.5 Å². The average Bonchev–Trinajstić information content (AvgIpc) is 3.37. The number of esters is 1. The molecule has 0 spiro atoms. The first-order valence-corrected chi connectivity index (χ1v) is 14.8. The van der Waals surface area contributed by atoms with Crippen LogP contribution in [0.15, 0.2) is 52.5 Å². The van der Waals surface area contributed by atoms with Gasteiger partial charge in [-0.1, -0.05) is 38.5 Å². The van der Waals surface area contributed by atoms with E-state index in [0.29, 0.717) is 6.42 Å². The molecule has 0 radical (unpaired) electrons. The van der Waals surface area contributed by atoms with Crippen LogP contribution in [0.25, 0.3) is 22.3 Å². The van der Waals surface area contributed by atoms with Gasteiger partial charge in [0, 0.05) is 17.8 Å². The number of nitriles is 1. The van der Waals surface area contributed by atoms with E-state index in [1.807, 2.05) is 26.8 Å². The molecule has 4 rings (SSSR count). The molecule has 3 heterocycles. The standard InChI is InChI=1S/C30H31F2N5O4S/c1-6-30(4,5)23(13-24(38)41-7-2)36-28-21(31)12-18(14-33)26(37-28)20-15-34-29-25(20)27(22(32)16-35-29)42(39,40)19-10-8-17(3)9-11-19/h8-12,15-16,23H,6-7,13H2,1-5H3,(H,34,35)(H,36,37). The molecule has 0 saturated heterocycles. The van der Waals surface area contributed by atoms with Gasteiger partial charge < -0.3 is 15.0 Å². The van der Waals surface area contributed by atoms with Gasteiger partial charge in [0.25, 0.3) is 0 Å². The summed E-state index contributed by atoms with van der Waals surface area (Å²) >= 11 is 0. The van der Waals surface area contributed by atoms with Crippen molar-refractivity contribution in [2.75, 3.05) is 11.9 Å². The van der Waals surface area contributed by atoms with E-state index in [4.69, 9.17) is 4.74 Å². The molecule has 0 aliphatic heterocycles. The summed E-state index contributed by atoms with van der Waals surface area (Å²) in [6.45, 7) is 9.40. The topological polar surface area (TPSA) is 138 Å². The molecular weight excluding hydrogens is 564 g/mol. The Kier molecular flexibility index (Phi) is 8.63. The Balaban J connectivity index is 1.92. The summed E-state index contributed by atoms with van der Waals surface area (Å²) in [6.07, 6.45) is 2.70. The number of pyridine rings is 2. The van der Waals surface area contributed by atoms with Crippen molar-refractivity contribution < 1.29 is 26.7 Å². The smallest absolute Gasteiger partial charge is 0.307 e. The zero-order valence-corrected chi connectivity index (χ0v) is 24.7. The fraction of sp³-hybridized carbons (Fsp3) is 0.333. The number of sulfone groups is 1. The number of H-pyrrole nitrogens is 1. The number of hydrogen-bond acceptors (Lipinski definition) is 8. The molecule has 0 saturated carbocycles. The van der Waals surface area contributed by atoms with Crippen molar-refractivity contribution in [2.45, 2.75) is 63.3 Å². The van der Waals surface area contributed by atoms with Gasteiger partial charge in [-0.05, 0) is 43.9 Å². The second-order valence-corrected chi connectivity index (χ2v) is 12.4. The molecule has 0 aliphatic carbocycles. The Bertz CT molecular complexity index is 1800. The van der Waals surface area contributed by atoms with Crippen LogP contribution in [0.5, 0.6) is 0 Å². The van der Waals surface area contributed by atoms with Crippen molar-refractivity contribution >= 4 is 32.7 Å². The lowest BCUT2D eigenvalue weighted by Gasteiger charge is -2.34. The molecule has 4 aromatic rings. The first-order valence-electron chi connectivity index (χ1n) is 13.3. The number of hydrogen-bond donors (Lipinski definition) is 2. The van der Waals surface area contributed by atoms with E-state index in [1.165, 1.54) is 18.3 Å². The maximum Gasteiger partial charge on any atom is 0.307 e. The summed E-state index contributed by atoms with van der Waals surface area (Å²) in [7, 11) is -4.40. The third-order valence-corrected chi connectivity index (χ3v) is 9.23. The van der Waals surface area contributed by atoms with Crippen molar-refractivity contribution in [3.63, 3.8) is 0 Å². The Morgan fingerprint density at radius 2 is 1.88 bits per heavy atom. The summed E-state index contributed by atoms with van der Waals surface area (Å²) in [6, 6.07) is 8.19. The van der Waals surface area contributed by atoms with E-state index in [2.05, 4.69) is 20.3 Å². The fourth-order valence-corrected chi connectivity index (χ4v) is 6.04. The summed E-state index contributed by atoms with van der Waals surface area (Å²) in [5, 5.41) is 12.7. The molecule has 1 atom stereocenters. The molecule has 0 amide bonds. The van der Waals surface area contributed by atoms with Crippen molar-refractivity contribution in [1.29, 1.82) is 5.26 Å². The Morgan fingerprint density at radius 3 is 2.50 bits per heavy atom. The van der Waals surface area contributed by atoms with Crippen LogP contribution in [0.1, 0.15) is 51.7 Å². The van der Waals surface area contributed by atoms with Gasteiger partial charge >= 0.3 is 5.97 Å². The van der Waals surface area contributed by atoms with Crippen LogP contribution in [0.2, 0.25) is 0 Å². The highest BCUT2D eigenvalue weighted by molar-refractivity contribution is 7.91. The van der Waals surface area contributed by atoms with Gasteiger partial charge in [-0.15, -0.1) is 0 Å². The van der Waals surface area contributed by atoms with E-state index in [1.54, 1.807) is 26.0 Å². The number of rotatable bonds is 10. The molecule has 3 aromatic heterocycles. The number of carbonyl (C=O) groups is 1. The minimum Gasteiger partial charge on any atom is -0.466 e. The highest BCUT2D eigenvalue weighted by atomic mass is 32.2. The van der Waals surface area contributed by atoms with Crippen LogP contribution in [0.3, 0.4) is 0 Å². The predicted octanol–water partition coefficient (Wildman–Crippen LogP) is 6.09. The molecule has 0 bridgehead atoms. The zero-order valence-electron chi connectivity index (χ0n) is 23.9. The van der Waals surface area contributed by atoms with Crippen LogP contribution in [-0.4, -0.2) is 42.0 Å². The molecule has 1 aromatic carbocycles. The number of aromatic amines is 1. The van der Waals surface area contributed by atoms with Crippen molar-refractivity contribution in [3.05, 3.63) is 65.5 Å². The average molecular weight is 596 g/mol.